The maximum atomic E-state index is 12.0. The SMILES string of the molecule is CCC(=O)Nc1ccc(SC(F)F)cc1. The zero-order chi connectivity index (χ0) is 11.3. The number of hydrogen-bond acceptors (Lipinski definition) is 2. The zero-order valence-electron chi connectivity index (χ0n) is 8.17. The molecule has 5 heteroatoms. The van der Waals surface area contributed by atoms with E-state index < -0.39 is 5.76 Å². The average Bonchev–Trinajstić information content (AvgIpc) is 2.20. The van der Waals surface area contributed by atoms with Gasteiger partial charge in [-0.15, -0.1) is 0 Å². The van der Waals surface area contributed by atoms with Crippen molar-refractivity contribution in [1.29, 1.82) is 0 Å². The van der Waals surface area contributed by atoms with Crippen LogP contribution in [0.25, 0.3) is 0 Å². The number of halogens is 2. The molecule has 1 amide bonds. The summed E-state index contributed by atoms with van der Waals surface area (Å²) in [6.45, 7) is 1.75. The van der Waals surface area contributed by atoms with Gasteiger partial charge in [0.2, 0.25) is 5.91 Å². The maximum Gasteiger partial charge on any atom is 0.288 e. The van der Waals surface area contributed by atoms with Crippen molar-refractivity contribution in [3.63, 3.8) is 0 Å². The minimum Gasteiger partial charge on any atom is -0.326 e. The average molecular weight is 231 g/mol. The second-order valence-electron chi connectivity index (χ2n) is 2.80. The molecule has 0 aliphatic heterocycles. The van der Waals surface area contributed by atoms with E-state index in [0.717, 1.165) is 0 Å². The first kappa shape index (κ1) is 12.0. The molecule has 1 rings (SSSR count). The van der Waals surface area contributed by atoms with Crippen molar-refractivity contribution in [3.8, 4) is 0 Å². The van der Waals surface area contributed by atoms with Crippen LogP contribution in [0.4, 0.5) is 14.5 Å². The summed E-state index contributed by atoms with van der Waals surface area (Å²) < 4.78 is 24.0. The van der Waals surface area contributed by atoms with E-state index in [4.69, 9.17) is 0 Å². The molecule has 0 saturated carbocycles. The molecule has 82 valence electrons. The van der Waals surface area contributed by atoms with Crippen LogP contribution < -0.4 is 5.32 Å². The van der Waals surface area contributed by atoms with Crippen LogP contribution in [0.15, 0.2) is 29.2 Å². The summed E-state index contributed by atoms with van der Waals surface area (Å²) in [5.74, 6) is -2.51. The fourth-order valence-electron chi connectivity index (χ4n) is 0.969. The number of amides is 1. The maximum absolute atomic E-state index is 12.0. The van der Waals surface area contributed by atoms with Crippen LogP contribution in [-0.4, -0.2) is 11.7 Å². The fraction of sp³-hybridized carbons (Fsp3) is 0.300. The van der Waals surface area contributed by atoms with E-state index >= 15 is 0 Å². The highest BCUT2D eigenvalue weighted by Crippen LogP contribution is 2.26. The molecule has 0 atom stereocenters. The Morgan fingerprint density at radius 2 is 2.00 bits per heavy atom. The van der Waals surface area contributed by atoms with E-state index in [1.165, 1.54) is 0 Å². The summed E-state index contributed by atoms with van der Waals surface area (Å²) >= 11 is 0.486. The first-order chi connectivity index (χ1) is 7.11. The van der Waals surface area contributed by atoms with E-state index in [9.17, 15) is 13.6 Å². The summed E-state index contributed by atoms with van der Waals surface area (Å²) in [6.07, 6.45) is 0.396. The van der Waals surface area contributed by atoms with Gasteiger partial charge in [-0.3, -0.25) is 4.79 Å². The molecule has 0 fully saturated rings. The summed E-state index contributed by atoms with van der Waals surface area (Å²) in [5.41, 5.74) is 0.625. The zero-order valence-corrected chi connectivity index (χ0v) is 8.98. The van der Waals surface area contributed by atoms with Gasteiger partial charge in [-0.05, 0) is 24.3 Å². The van der Waals surface area contributed by atoms with Gasteiger partial charge in [0, 0.05) is 17.0 Å². The molecule has 1 aromatic rings. The fourth-order valence-corrected chi connectivity index (χ4v) is 1.47. The lowest BCUT2D eigenvalue weighted by molar-refractivity contribution is -0.115. The molecule has 0 aromatic heterocycles. The Balaban J connectivity index is 2.60. The largest absolute Gasteiger partial charge is 0.326 e. The van der Waals surface area contributed by atoms with Crippen LogP contribution in [0.1, 0.15) is 13.3 Å². The predicted octanol–water partition coefficient (Wildman–Crippen LogP) is 3.35. The second kappa shape index (κ2) is 5.70. The third-order valence-corrected chi connectivity index (χ3v) is 2.41. The van der Waals surface area contributed by atoms with Crippen molar-refractivity contribution in [1.82, 2.24) is 0 Å². The van der Waals surface area contributed by atoms with Crippen molar-refractivity contribution in [2.45, 2.75) is 24.0 Å². The second-order valence-corrected chi connectivity index (χ2v) is 3.87. The van der Waals surface area contributed by atoms with Crippen molar-refractivity contribution in [3.05, 3.63) is 24.3 Å². The standard InChI is InChI=1S/C10H11F2NOS/c1-2-9(14)13-7-3-5-8(6-4-7)15-10(11)12/h3-6,10H,2H2,1H3,(H,13,14). The van der Waals surface area contributed by atoms with E-state index in [-0.39, 0.29) is 5.91 Å². The molecule has 0 unspecified atom stereocenters. The molecule has 0 heterocycles. The number of carbonyl (C=O) groups excluding carboxylic acids is 1. The Labute approximate surface area is 91.1 Å². The molecular weight excluding hydrogens is 220 g/mol. The summed E-state index contributed by atoms with van der Waals surface area (Å²) in [4.78, 5) is 11.5. The van der Waals surface area contributed by atoms with Crippen LogP contribution in [0.5, 0.6) is 0 Å². The minimum atomic E-state index is -2.42. The highest BCUT2D eigenvalue weighted by molar-refractivity contribution is 7.99. The van der Waals surface area contributed by atoms with E-state index in [1.807, 2.05) is 0 Å². The summed E-state index contributed by atoms with van der Waals surface area (Å²) in [6, 6.07) is 6.33. The van der Waals surface area contributed by atoms with Crippen LogP contribution in [-0.2, 0) is 4.79 Å². The number of thioether (sulfide) groups is 1. The Bertz CT molecular complexity index is 327. The minimum absolute atomic E-state index is 0.0933. The van der Waals surface area contributed by atoms with Crippen molar-refractivity contribution < 1.29 is 13.6 Å². The number of alkyl halides is 2. The Morgan fingerprint density at radius 1 is 1.40 bits per heavy atom. The first-order valence-electron chi connectivity index (χ1n) is 4.46. The number of nitrogens with one attached hydrogen (secondary N) is 1. The topological polar surface area (TPSA) is 29.1 Å². The van der Waals surface area contributed by atoms with Crippen LogP contribution in [0, 0.1) is 0 Å². The third-order valence-electron chi connectivity index (χ3n) is 1.68. The first-order valence-corrected chi connectivity index (χ1v) is 5.34. The predicted molar refractivity (Wildman–Crippen MR) is 57.2 cm³/mol. The van der Waals surface area contributed by atoms with Crippen molar-refractivity contribution >= 4 is 23.4 Å². The van der Waals surface area contributed by atoms with Crippen LogP contribution >= 0.6 is 11.8 Å². The molecule has 15 heavy (non-hydrogen) atoms. The molecule has 0 radical (unpaired) electrons. The van der Waals surface area contributed by atoms with Gasteiger partial charge in [0.1, 0.15) is 0 Å². The number of rotatable bonds is 4. The molecule has 2 nitrogen and oxygen atoms in total. The van der Waals surface area contributed by atoms with E-state index in [2.05, 4.69) is 5.32 Å². The lowest BCUT2D eigenvalue weighted by atomic mass is 10.3. The van der Waals surface area contributed by atoms with E-state index in [1.54, 1.807) is 31.2 Å². The van der Waals surface area contributed by atoms with Crippen molar-refractivity contribution in [2.75, 3.05) is 5.32 Å². The molecule has 0 aliphatic rings. The van der Waals surface area contributed by atoms with Gasteiger partial charge >= 0.3 is 0 Å². The lowest BCUT2D eigenvalue weighted by Crippen LogP contribution is -2.08. The highest BCUT2D eigenvalue weighted by atomic mass is 32.2. The monoisotopic (exact) mass is 231 g/mol. The van der Waals surface area contributed by atoms with Crippen LogP contribution in [0.3, 0.4) is 0 Å². The molecule has 0 spiro atoms. The number of anilines is 1. The molecule has 1 aromatic carbocycles. The van der Waals surface area contributed by atoms with Gasteiger partial charge in [0.15, 0.2) is 0 Å². The Morgan fingerprint density at radius 3 is 2.47 bits per heavy atom. The van der Waals surface area contributed by atoms with E-state index in [0.29, 0.717) is 28.8 Å². The van der Waals surface area contributed by atoms with Crippen molar-refractivity contribution in [2.24, 2.45) is 0 Å². The third kappa shape index (κ3) is 4.29. The normalized spacial score (nSPS) is 10.4. The Hall–Kier alpha value is -1.10. The van der Waals surface area contributed by atoms with Gasteiger partial charge in [-0.25, -0.2) is 0 Å². The molecule has 0 saturated heterocycles. The molecule has 0 aliphatic carbocycles. The van der Waals surface area contributed by atoms with Gasteiger partial charge in [-0.2, -0.15) is 8.78 Å². The quantitative estimate of drug-likeness (QED) is 0.805. The summed E-state index contributed by atoms with van der Waals surface area (Å²) in [7, 11) is 0. The number of carbonyl (C=O) groups is 1. The highest BCUT2D eigenvalue weighted by Gasteiger charge is 2.05. The van der Waals surface area contributed by atoms with Crippen LogP contribution in [0.2, 0.25) is 0 Å². The smallest absolute Gasteiger partial charge is 0.288 e. The van der Waals surface area contributed by atoms with Gasteiger partial charge in [-0.1, -0.05) is 18.7 Å². The van der Waals surface area contributed by atoms with Gasteiger partial charge in [0.25, 0.3) is 5.76 Å². The lowest BCUT2D eigenvalue weighted by Gasteiger charge is -2.04. The molecule has 0 bridgehead atoms. The Kier molecular flexibility index (Phi) is 4.55. The van der Waals surface area contributed by atoms with Gasteiger partial charge < -0.3 is 5.32 Å². The summed E-state index contributed by atoms with van der Waals surface area (Å²) in [5, 5.41) is 2.64. The number of hydrogen-bond donors (Lipinski definition) is 1. The number of benzene rings is 1. The molecule has 1 N–H and O–H groups in total. The van der Waals surface area contributed by atoms with Gasteiger partial charge in [0.05, 0.1) is 0 Å². The molecular formula is C10H11F2NOS.